The van der Waals surface area contributed by atoms with Crippen LogP contribution in [0.15, 0.2) is 53.7 Å². The molecule has 0 amide bonds. The maximum Gasteiger partial charge on any atom is 0.0935 e. The zero-order chi connectivity index (χ0) is 9.10. The molecular weight excluding hydrogens is 178 g/mol. The predicted octanol–water partition coefficient (Wildman–Crippen LogP) is 3.04. The van der Waals surface area contributed by atoms with Crippen LogP contribution in [-0.4, -0.2) is 4.98 Å². The minimum absolute atomic E-state index is 0.751. The number of hydrogen-bond acceptors (Lipinski definition) is 2. The summed E-state index contributed by atoms with van der Waals surface area (Å²) in [5.41, 5.74) is 2.35. The van der Waals surface area contributed by atoms with Gasteiger partial charge in [0.25, 0.3) is 0 Å². The minimum Gasteiger partial charge on any atom is -0.250 e. The third kappa shape index (κ3) is 1.90. The number of aromatic nitrogens is 1. The first-order valence-electron chi connectivity index (χ1n) is 4.07. The standard InChI is InChI=1S/C11H9NS/c13-11-8-10(6-7-12-11)9-4-2-1-3-5-9/h1-8H,(H,12,13). The van der Waals surface area contributed by atoms with Gasteiger partial charge in [-0.25, -0.2) is 0 Å². The van der Waals surface area contributed by atoms with Gasteiger partial charge in [0.2, 0.25) is 0 Å². The van der Waals surface area contributed by atoms with Crippen molar-refractivity contribution in [1.29, 1.82) is 0 Å². The Hall–Kier alpha value is -1.28. The van der Waals surface area contributed by atoms with Crippen LogP contribution in [0.1, 0.15) is 0 Å². The summed E-state index contributed by atoms with van der Waals surface area (Å²) >= 11 is 4.19. The maximum atomic E-state index is 4.19. The first-order chi connectivity index (χ1) is 6.36. The smallest absolute Gasteiger partial charge is 0.0935 e. The highest BCUT2D eigenvalue weighted by molar-refractivity contribution is 7.80. The number of nitrogens with zero attached hydrogens (tertiary/aromatic N) is 1. The fraction of sp³-hybridized carbons (Fsp3) is 0. The second-order valence-electron chi connectivity index (χ2n) is 2.77. The zero-order valence-corrected chi connectivity index (χ0v) is 7.91. The lowest BCUT2D eigenvalue weighted by Gasteiger charge is -2.00. The van der Waals surface area contributed by atoms with Crippen LogP contribution in [0.2, 0.25) is 0 Å². The van der Waals surface area contributed by atoms with E-state index in [4.69, 9.17) is 0 Å². The fourth-order valence-electron chi connectivity index (χ4n) is 1.23. The maximum absolute atomic E-state index is 4.19. The molecule has 0 spiro atoms. The van der Waals surface area contributed by atoms with E-state index in [1.54, 1.807) is 6.20 Å². The lowest BCUT2D eigenvalue weighted by Crippen LogP contribution is -1.79. The molecule has 0 aliphatic carbocycles. The molecule has 0 saturated heterocycles. The van der Waals surface area contributed by atoms with Crippen LogP contribution in [0.25, 0.3) is 11.1 Å². The van der Waals surface area contributed by atoms with Crippen LogP contribution in [0.5, 0.6) is 0 Å². The van der Waals surface area contributed by atoms with Gasteiger partial charge in [0.1, 0.15) is 0 Å². The Morgan fingerprint density at radius 1 is 0.923 bits per heavy atom. The SMILES string of the molecule is Sc1cc(-c2ccccc2)ccn1. The number of rotatable bonds is 1. The van der Waals surface area contributed by atoms with E-state index in [-0.39, 0.29) is 0 Å². The molecule has 1 nitrogen and oxygen atoms in total. The van der Waals surface area contributed by atoms with Crippen LogP contribution in [-0.2, 0) is 0 Å². The second-order valence-corrected chi connectivity index (χ2v) is 3.23. The van der Waals surface area contributed by atoms with Crippen molar-refractivity contribution in [3.8, 4) is 11.1 Å². The molecule has 2 rings (SSSR count). The summed E-state index contributed by atoms with van der Waals surface area (Å²) in [6.07, 6.45) is 1.77. The van der Waals surface area contributed by atoms with E-state index in [0.29, 0.717) is 0 Å². The topological polar surface area (TPSA) is 12.9 Å². The highest BCUT2D eigenvalue weighted by Crippen LogP contribution is 2.19. The first kappa shape index (κ1) is 8.32. The van der Waals surface area contributed by atoms with Gasteiger partial charge < -0.3 is 0 Å². The summed E-state index contributed by atoms with van der Waals surface area (Å²) in [5.74, 6) is 0. The normalized spacial score (nSPS) is 9.92. The molecule has 0 unspecified atom stereocenters. The van der Waals surface area contributed by atoms with E-state index in [1.807, 2.05) is 30.3 Å². The Kier molecular flexibility index (Phi) is 2.32. The van der Waals surface area contributed by atoms with Crippen molar-refractivity contribution in [2.45, 2.75) is 5.03 Å². The molecular formula is C11H9NS. The molecule has 13 heavy (non-hydrogen) atoms. The van der Waals surface area contributed by atoms with Crippen molar-refractivity contribution >= 4 is 12.6 Å². The summed E-state index contributed by atoms with van der Waals surface area (Å²) in [5, 5.41) is 0.751. The quantitative estimate of drug-likeness (QED) is 0.677. The van der Waals surface area contributed by atoms with Gasteiger partial charge in [-0.3, -0.25) is 4.98 Å². The van der Waals surface area contributed by atoms with Gasteiger partial charge in [0, 0.05) is 6.20 Å². The number of hydrogen-bond donors (Lipinski definition) is 1. The molecule has 0 radical (unpaired) electrons. The number of pyridine rings is 1. The monoisotopic (exact) mass is 187 g/mol. The predicted molar refractivity (Wildman–Crippen MR) is 56.9 cm³/mol. The Morgan fingerprint density at radius 2 is 1.69 bits per heavy atom. The van der Waals surface area contributed by atoms with Crippen molar-refractivity contribution in [2.75, 3.05) is 0 Å². The van der Waals surface area contributed by atoms with Crippen LogP contribution in [0.3, 0.4) is 0 Å². The van der Waals surface area contributed by atoms with Gasteiger partial charge in [-0.15, -0.1) is 12.6 Å². The summed E-state index contributed by atoms with van der Waals surface area (Å²) in [6.45, 7) is 0. The van der Waals surface area contributed by atoms with Crippen molar-refractivity contribution in [1.82, 2.24) is 4.98 Å². The average Bonchev–Trinajstić information content (AvgIpc) is 2.19. The average molecular weight is 187 g/mol. The third-order valence-corrected chi connectivity index (χ3v) is 2.10. The molecule has 1 heterocycles. The van der Waals surface area contributed by atoms with Gasteiger partial charge in [-0.2, -0.15) is 0 Å². The van der Waals surface area contributed by atoms with E-state index >= 15 is 0 Å². The summed E-state index contributed by atoms with van der Waals surface area (Å²) in [6, 6.07) is 14.1. The second kappa shape index (κ2) is 3.62. The van der Waals surface area contributed by atoms with E-state index in [9.17, 15) is 0 Å². The van der Waals surface area contributed by atoms with Crippen LogP contribution in [0.4, 0.5) is 0 Å². The minimum atomic E-state index is 0.751. The molecule has 0 fully saturated rings. The highest BCUT2D eigenvalue weighted by Gasteiger charge is 1.95. The van der Waals surface area contributed by atoms with Crippen LogP contribution < -0.4 is 0 Å². The van der Waals surface area contributed by atoms with Gasteiger partial charge in [0.15, 0.2) is 0 Å². The van der Waals surface area contributed by atoms with Gasteiger partial charge in [0.05, 0.1) is 5.03 Å². The number of benzene rings is 1. The summed E-state index contributed by atoms with van der Waals surface area (Å²) in [7, 11) is 0. The van der Waals surface area contributed by atoms with Crippen molar-refractivity contribution in [2.24, 2.45) is 0 Å². The zero-order valence-electron chi connectivity index (χ0n) is 7.01. The molecule has 0 atom stereocenters. The van der Waals surface area contributed by atoms with Crippen molar-refractivity contribution in [3.05, 3.63) is 48.7 Å². The van der Waals surface area contributed by atoms with E-state index in [1.165, 1.54) is 5.56 Å². The van der Waals surface area contributed by atoms with Crippen LogP contribution in [0, 0.1) is 0 Å². The van der Waals surface area contributed by atoms with E-state index in [2.05, 4.69) is 29.7 Å². The molecule has 1 aromatic heterocycles. The molecule has 0 bridgehead atoms. The summed E-state index contributed by atoms with van der Waals surface area (Å²) in [4.78, 5) is 4.03. The molecule has 2 heteroatoms. The van der Waals surface area contributed by atoms with Gasteiger partial charge >= 0.3 is 0 Å². The molecule has 64 valence electrons. The Labute approximate surface area is 82.9 Å². The van der Waals surface area contributed by atoms with E-state index in [0.717, 1.165) is 10.6 Å². The largest absolute Gasteiger partial charge is 0.250 e. The lowest BCUT2D eigenvalue weighted by molar-refractivity contribution is 1.15. The van der Waals surface area contributed by atoms with Crippen LogP contribution >= 0.6 is 12.6 Å². The molecule has 1 aromatic carbocycles. The van der Waals surface area contributed by atoms with Crippen molar-refractivity contribution < 1.29 is 0 Å². The lowest BCUT2D eigenvalue weighted by atomic mass is 10.1. The molecule has 0 aliphatic heterocycles. The Balaban J connectivity index is 2.48. The Bertz CT molecular complexity index is 398. The highest BCUT2D eigenvalue weighted by atomic mass is 32.1. The number of thiol groups is 1. The molecule has 2 aromatic rings. The first-order valence-corrected chi connectivity index (χ1v) is 4.51. The fourth-order valence-corrected chi connectivity index (χ4v) is 1.43. The van der Waals surface area contributed by atoms with Crippen molar-refractivity contribution in [3.63, 3.8) is 0 Å². The molecule has 0 saturated carbocycles. The Morgan fingerprint density at radius 3 is 2.38 bits per heavy atom. The van der Waals surface area contributed by atoms with E-state index < -0.39 is 0 Å². The molecule has 0 aliphatic rings. The summed E-state index contributed by atoms with van der Waals surface area (Å²) < 4.78 is 0. The third-order valence-electron chi connectivity index (χ3n) is 1.85. The van der Waals surface area contributed by atoms with Gasteiger partial charge in [-0.1, -0.05) is 30.3 Å². The van der Waals surface area contributed by atoms with Gasteiger partial charge in [-0.05, 0) is 23.3 Å². The molecule has 0 N–H and O–H groups in total.